The van der Waals surface area contributed by atoms with Crippen molar-refractivity contribution in [2.75, 3.05) is 27.2 Å². The van der Waals surface area contributed by atoms with Gasteiger partial charge < -0.3 is 20.6 Å². The van der Waals surface area contributed by atoms with E-state index in [0.717, 1.165) is 6.42 Å². The summed E-state index contributed by atoms with van der Waals surface area (Å²) in [6, 6.07) is 8.41. The molecule has 5 heteroatoms. The molecule has 0 unspecified atom stereocenters. The highest BCUT2D eigenvalue weighted by atomic mass is 16.3. The molecule has 5 nitrogen and oxygen atoms in total. The summed E-state index contributed by atoms with van der Waals surface area (Å²) in [5.74, 6) is -0.0337. The van der Waals surface area contributed by atoms with Crippen molar-refractivity contribution in [3.8, 4) is 0 Å². The second kappa shape index (κ2) is 7.72. The van der Waals surface area contributed by atoms with Gasteiger partial charge in [-0.2, -0.15) is 0 Å². The molecule has 0 aliphatic carbocycles. The van der Waals surface area contributed by atoms with Crippen molar-refractivity contribution >= 4 is 5.91 Å². The fraction of sp³-hybridized carbons (Fsp3) is 0.588. The van der Waals surface area contributed by atoms with Gasteiger partial charge in [0, 0.05) is 13.1 Å². The van der Waals surface area contributed by atoms with Crippen LogP contribution in [-0.4, -0.2) is 55.2 Å². The SMILES string of the molecule is CCc1ccc([C@H](CNC(=O)[C@H]2C[C@H](O)CN2)N(C)C)cc1. The van der Waals surface area contributed by atoms with Crippen LogP contribution in [0.1, 0.15) is 30.5 Å². The number of benzene rings is 1. The summed E-state index contributed by atoms with van der Waals surface area (Å²) in [5.41, 5.74) is 2.51. The average molecular weight is 305 g/mol. The fourth-order valence-corrected chi connectivity index (χ4v) is 2.81. The van der Waals surface area contributed by atoms with E-state index in [4.69, 9.17) is 0 Å². The molecular weight excluding hydrogens is 278 g/mol. The molecule has 1 aromatic rings. The van der Waals surface area contributed by atoms with Crippen LogP contribution in [0.15, 0.2) is 24.3 Å². The van der Waals surface area contributed by atoms with Gasteiger partial charge in [-0.25, -0.2) is 0 Å². The van der Waals surface area contributed by atoms with E-state index in [9.17, 15) is 9.90 Å². The second-order valence-corrected chi connectivity index (χ2v) is 6.17. The number of hydrogen-bond donors (Lipinski definition) is 3. The number of amides is 1. The first kappa shape index (κ1) is 16.9. The van der Waals surface area contributed by atoms with Crippen molar-refractivity contribution in [1.82, 2.24) is 15.5 Å². The molecule has 3 atom stereocenters. The molecule has 1 saturated heterocycles. The number of β-amino-alcohol motifs (C(OH)–C–C–N with tert-alkyl or cyclic N) is 1. The number of carbonyl (C=O) groups excluding carboxylic acids is 1. The Morgan fingerprint density at radius 2 is 2.09 bits per heavy atom. The maximum absolute atomic E-state index is 12.1. The van der Waals surface area contributed by atoms with Gasteiger partial charge in [0.05, 0.1) is 18.2 Å². The van der Waals surface area contributed by atoms with Gasteiger partial charge in [-0.15, -0.1) is 0 Å². The molecule has 2 rings (SSSR count). The van der Waals surface area contributed by atoms with Crippen LogP contribution in [0, 0.1) is 0 Å². The van der Waals surface area contributed by atoms with Crippen molar-refractivity contribution in [3.05, 3.63) is 35.4 Å². The minimum Gasteiger partial charge on any atom is -0.392 e. The third-order valence-corrected chi connectivity index (χ3v) is 4.29. The van der Waals surface area contributed by atoms with E-state index >= 15 is 0 Å². The highest BCUT2D eigenvalue weighted by molar-refractivity contribution is 5.82. The second-order valence-electron chi connectivity index (χ2n) is 6.17. The Hall–Kier alpha value is -1.43. The van der Waals surface area contributed by atoms with Gasteiger partial charge in [-0.05, 0) is 38.1 Å². The number of nitrogens with zero attached hydrogens (tertiary/aromatic N) is 1. The first-order chi connectivity index (χ1) is 10.5. The number of carbonyl (C=O) groups is 1. The third-order valence-electron chi connectivity index (χ3n) is 4.29. The third kappa shape index (κ3) is 4.29. The van der Waals surface area contributed by atoms with Gasteiger partial charge >= 0.3 is 0 Å². The Morgan fingerprint density at radius 1 is 1.41 bits per heavy atom. The quantitative estimate of drug-likeness (QED) is 0.723. The molecule has 3 N–H and O–H groups in total. The minimum absolute atomic E-state index is 0.0337. The maximum atomic E-state index is 12.1. The largest absolute Gasteiger partial charge is 0.392 e. The van der Waals surface area contributed by atoms with Gasteiger partial charge in [-0.1, -0.05) is 31.2 Å². The van der Waals surface area contributed by atoms with Crippen LogP contribution in [0.2, 0.25) is 0 Å². The maximum Gasteiger partial charge on any atom is 0.237 e. The van der Waals surface area contributed by atoms with E-state index in [0.29, 0.717) is 19.5 Å². The lowest BCUT2D eigenvalue weighted by Gasteiger charge is -2.26. The molecule has 1 fully saturated rings. The number of aryl methyl sites for hydroxylation is 1. The van der Waals surface area contributed by atoms with E-state index in [2.05, 4.69) is 46.7 Å². The molecule has 1 aromatic carbocycles. The van der Waals surface area contributed by atoms with E-state index in [1.165, 1.54) is 11.1 Å². The van der Waals surface area contributed by atoms with Gasteiger partial charge in [0.25, 0.3) is 0 Å². The lowest BCUT2D eigenvalue weighted by Crippen LogP contribution is -2.43. The zero-order chi connectivity index (χ0) is 16.1. The zero-order valence-corrected chi connectivity index (χ0v) is 13.7. The number of aliphatic hydroxyl groups excluding tert-OH is 1. The molecule has 0 aromatic heterocycles. The monoisotopic (exact) mass is 305 g/mol. The highest BCUT2D eigenvalue weighted by Gasteiger charge is 2.28. The van der Waals surface area contributed by atoms with Crippen molar-refractivity contribution in [3.63, 3.8) is 0 Å². The molecule has 1 aliphatic heterocycles. The lowest BCUT2D eigenvalue weighted by molar-refractivity contribution is -0.123. The molecule has 0 bridgehead atoms. The molecule has 1 aliphatic rings. The van der Waals surface area contributed by atoms with E-state index in [1.807, 2.05) is 14.1 Å². The number of nitrogens with one attached hydrogen (secondary N) is 2. The summed E-state index contributed by atoms with van der Waals surface area (Å²) in [6.45, 7) is 3.20. The number of hydrogen-bond acceptors (Lipinski definition) is 4. The van der Waals surface area contributed by atoms with Crippen LogP contribution in [0.4, 0.5) is 0 Å². The van der Waals surface area contributed by atoms with Crippen LogP contribution in [0.5, 0.6) is 0 Å². The standard InChI is InChI=1S/C17H27N3O2/c1-4-12-5-7-13(8-6-12)16(20(2)3)11-19-17(22)15-9-14(21)10-18-15/h5-8,14-16,18,21H,4,9-11H2,1-3H3,(H,19,22)/t14-,15+,16-/m0/s1. The van der Waals surface area contributed by atoms with Crippen molar-refractivity contribution in [2.45, 2.75) is 38.0 Å². The molecule has 1 amide bonds. The Bertz CT molecular complexity index is 487. The van der Waals surface area contributed by atoms with Crippen molar-refractivity contribution in [1.29, 1.82) is 0 Å². The summed E-state index contributed by atoms with van der Waals surface area (Å²) < 4.78 is 0. The molecule has 1 heterocycles. The molecule has 122 valence electrons. The average Bonchev–Trinajstić information content (AvgIpc) is 2.94. The van der Waals surface area contributed by atoms with Crippen molar-refractivity contribution < 1.29 is 9.90 Å². The topological polar surface area (TPSA) is 64.6 Å². The molecular formula is C17H27N3O2. The number of aliphatic hydroxyl groups is 1. The molecule has 0 saturated carbocycles. The first-order valence-electron chi connectivity index (χ1n) is 7.95. The number of likely N-dealkylation sites (N-methyl/N-ethyl adjacent to an activating group) is 1. The van der Waals surface area contributed by atoms with Gasteiger partial charge in [0.15, 0.2) is 0 Å². The lowest BCUT2D eigenvalue weighted by atomic mass is 10.0. The highest BCUT2D eigenvalue weighted by Crippen LogP contribution is 2.18. The Morgan fingerprint density at radius 3 is 2.59 bits per heavy atom. The summed E-state index contributed by atoms with van der Waals surface area (Å²) in [4.78, 5) is 14.3. The van der Waals surface area contributed by atoms with Gasteiger partial charge in [0.1, 0.15) is 0 Å². The normalized spacial score (nSPS) is 22.8. The number of rotatable bonds is 6. The first-order valence-corrected chi connectivity index (χ1v) is 7.95. The van der Waals surface area contributed by atoms with Crippen LogP contribution in [0.3, 0.4) is 0 Å². The fourth-order valence-electron chi connectivity index (χ4n) is 2.81. The van der Waals surface area contributed by atoms with E-state index < -0.39 is 6.10 Å². The Labute approximate surface area is 132 Å². The predicted molar refractivity (Wildman–Crippen MR) is 87.7 cm³/mol. The predicted octanol–water partition coefficient (Wildman–Crippen LogP) is 0.691. The van der Waals surface area contributed by atoms with E-state index in [1.54, 1.807) is 0 Å². The van der Waals surface area contributed by atoms with Crippen LogP contribution >= 0.6 is 0 Å². The summed E-state index contributed by atoms with van der Waals surface area (Å²) >= 11 is 0. The van der Waals surface area contributed by atoms with E-state index in [-0.39, 0.29) is 18.0 Å². The van der Waals surface area contributed by atoms with Crippen molar-refractivity contribution in [2.24, 2.45) is 0 Å². The van der Waals surface area contributed by atoms with Gasteiger partial charge in [0.2, 0.25) is 5.91 Å². The van der Waals surface area contributed by atoms with Crippen LogP contribution in [0.25, 0.3) is 0 Å². The van der Waals surface area contributed by atoms with Crippen LogP contribution in [-0.2, 0) is 11.2 Å². The summed E-state index contributed by atoms with van der Waals surface area (Å²) in [6.07, 6.45) is 1.10. The Kier molecular flexibility index (Phi) is 5.94. The van der Waals surface area contributed by atoms with Crippen LogP contribution < -0.4 is 10.6 Å². The summed E-state index contributed by atoms with van der Waals surface area (Å²) in [7, 11) is 4.03. The summed E-state index contributed by atoms with van der Waals surface area (Å²) in [5, 5.41) is 15.5. The van der Waals surface area contributed by atoms with Gasteiger partial charge in [-0.3, -0.25) is 4.79 Å². The zero-order valence-electron chi connectivity index (χ0n) is 13.7. The Balaban J connectivity index is 1.95. The molecule has 0 radical (unpaired) electrons. The smallest absolute Gasteiger partial charge is 0.237 e. The molecule has 22 heavy (non-hydrogen) atoms. The molecule has 0 spiro atoms. The minimum atomic E-state index is -0.415.